The monoisotopic (exact) mass is 332 g/mol. The first kappa shape index (κ1) is 19.9. The van der Waals surface area contributed by atoms with Crippen molar-refractivity contribution in [2.75, 3.05) is 13.2 Å². The molecule has 0 unspecified atom stereocenters. The Balaban J connectivity index is 2.32. The zero-order valence-corrected chi connectivity index (χ0v) is 15.1. The van der Waals surface area contributed by atoms with Crippen LogP contribution >= 0.6 is 0 Å². The highest BCUT2D eigenvalue weighted by Gasteiger charge is 2.26. The summed E-state index contributed by atoms with van der Waals surface area (Å²) in [6.45, 7) is 7.87. The molecule has 1 rings (SSSR count). The van der Waals surface area contributed by atoms with Crippen LogP contribution in [0.3, 0.4) is 0 Å². The van der Waals surface area contributed by atoms with Crippen molar-refractivity contribution in [3.63, 3.8) is 0 Å². The van der Waals surface area contributed by atoms with Crippen LogP contribution in [0.1, 0.15) is 51.7 Å². The van der Waals surface area contributed by atoms with E-state index in [2.05, 4.69) is 19.1 Å². The molecule has 0 radical (unpaired) electrons. The predicted octanol–water partition coefficient (Wildman–Crippen LogP) is 4.17. The first-order chi connectivity index (χ1) is 11.4. The number of hydrogen-bond donors (Lipinski definition) is 0. The van der Waals surface area contributed by atoms with Gasteiger partial charge in [-0.05, 0) is 43.9 Å². The summed E-state index contributed by atoms with van der Waals surface area (Å²) in [5, 5.41) is 0. The van der Waals surface area contributed by atoms with E-state index in [-0.39, 0.29) is 19.2 Å². The molecule has 0 saturated carbocycles. The van der Waals surface area contributed by atoms with Gasteiger partial charge in [0, 0.05) is 6.08 Å². The lowest BCUT2D eigenvalue weighted by molar-refractivity contribution is -0.157. The van der Waals surface area contributed by atoms with Crippen molar-refractivity contribution in [3.8, 4) is 0 Å². The molecular formula is C20H28O4. The van der Waals surface area contributed by atoms with Crippen LogP contribution in [0.25, 0.3) is 6.08 Å². The molecule has 1 aromatic carbocycles. The van der Waals surface area contributed by atoms with Gasteiger partial charge >= 0.3 is 11.9 Å². The summed E-state index contributed by atoms with van der Waals surface area (Å²) in [7, 11) is 0. The fraction of sp³-hybridized carbons (Fsp3) is 0.500. The maximum absolute atomic E-state index is 11.7. The first-order valence-corrected chi connectivity index (χ1v) is 8.50. The van der Waals surface area contributed by atoms with E-state index in [1.54, 1.807) is 6.08 Å². The number of esters is 2. The van der Waals surface area contributed by atoms with Crippen molar-refractivity contribution in [3.05, 3.63) is 41.5 Å². The molecule has 0 spiro atoms. The molecule has 0 N–H and O–H groups in total. The van der Waals surface area contributed by atoms with E-state index in [1.165, 1.54) is 11.6 Å². The zero-order valence-electron chi connectivity index (χ0n) is 15.1. The molecule has 0 aliphatic carbocycles. The smallest absolute Gasteiger partial charge is 0.330 e. The van der Waals surface area contributed by atoms with Gasteiger partial charge < -0.3 is 9.47 Å². The third kappa shape index (κ3) is 6.99. The van der Waals surface area contributed by atoms with Gasteiger partial charge in [-0.2, -0.15) is 0 Å². The zero-order chi connectivity index (χ0) is 18.0. The van der Waals surface area contributed by atoms with Crippen LogP contribution in [-0.4, -0.2) is 25.2 Å². The molecule has 0 aliphatic heterocycles. The van der Waals surface area contributed by atoms with Crippen molar-refractivity contribution < 1.29 is 19.1 Å². The number of aryl methyl sites for hydroxylation is 1. The van der Waals surface area contributed by atoms with Crippen LogP contribution < -0.4 is 0 Å². The number of hydrogen-bond acceptors (Lipinski definition) is 4. The fourth-order valence-corrected chi connectivity index (χ4v) is 1.91. The van der Waals surface area contributed by atoms with E-state index in [9.17, 15) is 9.59 Å². The average molecular weight is 332 g/mol. The predicted molar refractivity (Wildman–Crippen MR) is 95.5 cm³/mol. The van der Waals surface area contributed by atoms with Crippen LogP contribution in [0, 0.1) is 5.41 Å². The van der Waals surface area contributed by atoms with Gasteiger partial charge in [-0.15, -0.1) is 0 Å². The highest BCUT2D eigenvalue weighted by molar-refractivity contribution is 5.87. The third-order valence-corrected chi connectivity index (χ3v) is 3.93. The largest absolute Gasteiger partial charge is 0.462 e. The number of rotatable bonds is 9. The van der Waals surface area contributed by atoms with Crippen LogP contribution in [0.5, 0.6) is 0 Å². The van der Waals surface area contributed by atoms with Gasteiger partial charge in [0.25, 0.3) is 0 Å². The van der Waals surface area contributed by atoms with E-state index < -0.39 is 11.4 Å². The maximum atomic E-state index is 11.7. The van der Waals surface area contributed by atoms with Gasteiger partial charge in [0.05, 0.1) is 5.41 Å². The van der Waals surface area contributed by atoms with Gasteiger partial charge in [-0.25, -0.2) is 4.79 Å². The molecular weight excluding hydrogens is 304 g/mol. The third-order valence-electron chi connectivity index (χ3n) is 3.93. The van der Waals surface area contributed by atoms with E-state index >= 15 is 0 Å². The Bertz CT molecular complexity index is 556. The molecule has 132 valence electrons. The standard InChI is InChI=1S/C20H28O4/c1-5-7-16-8-10-17(11-9-16)12-13-18(21)23-14-15-24-19(22)20(3,4)6-2/h8-13H,5-7,14-15H2,1-4H3/b13-12+. The van der Waals surface area contributed by atoms with E-state index in [0.29, 0.717) is 6.42 Å². The van der Waals surface area contributed by atoms with Crippen LogP contribution in [-0.2, 0) is 25.5 Å². The fourth-order valence-electron chi connectivity index (χ4n) is 1.91. The Morgan fingerprint density at radius 2 is 1.67 bits per heavy atom. The molecule has 0 fully saturated rings. The van der Waals surface area contributed by atoms with Crippen molar-refractivity contribution in [1.82, 2.24) is 0 Å². The molecule has 1 aromatic rings. The minimum Gasteiger partial charge on any atom is -0.462 e. The van der Waals surface area contributed by atoms with Crippen LogP contribution in [0.2, 0.25) is 0 Å². The second-order valence-corrected chi connectivity index (χ2v) is 6.37. The van der Waals surface area contributed by atoms with Crippen molar-refractivity contribution in [2.45, 2.75) is 47.0 Å². The highest BCUT2D eigenvalue weighted by Crippen LogP contribution is 2.21. The maximum Gasteiger partial charge on any atom is 0.330 e. The molecule has 0 aromatic heterocycles. The Kier molecular flexibility index (Phi) is 8.24. The molecule has 0 saturated heterocycles. The van der Waals surface area contributed by atoms with E-state index in [4.69, 9.17) is 9.47 Å². The Morgan fingerprint density at radius 1 is 1.04 bits per heavy atom. The lowest BCUT2D eigenvalue weighted by Gasteiger charge is -2.20. The van der Waals surface area contributed by atoms with Gasteiger partial charge in [-0.3, -0.25) is 4.79 Å². The number of carbonyl (C=O) groups is 2. The van der Waals surface area contributed by atoms with Gasteiger partial charge in [-0.1, -0.05) is 44.5 Å². The van der Waals surface area contributed by atoms with E-state index in [1.807, 2.05) is 32.9 Å². The average Bonchev–Trinajstić information content (AvgIpc) is 2.58. The quantitative estimate of drug-likeness (QED) is 0.387. The molecule has 0 bridgehead atoms. The molecule has 0 atom stereocenters. The van der Waals surface area contributed by atoms with Gasteiger partial charge in [0.2, 0.25) is 0 Å². The second-order valence-electron chi connectivity index (χ2n) is 6.37. The summed E-state index contributed by atoms with van der Waals surface area (Å²) < 4.78 is 10.1. The summed E-state index contributed by atoms with van der Waals surface area (Å²) in [4.78, 5) is 23.4. The van der Waals surface area contributed by atoms with Crippen LogP contribution in [0.4, 0.5) is 0 Å². The molecule has 24 heavy (non-hydrogen) atoms. The summed E-state index contributed by atoms with van der Waals surface area (Å²) in [5.74, 6) is -0.720. The van der Waals surface area contributed by atoms with Crippen molar-refractivity contribution in [2.24, 2.45) is 5.41 Å². The number of carbonyl (C=O) groups excluding carboxylic acids is 2. The van der Waals surface area contributed by atoms with Gasteiger partial charge in [0.1, 0.15) is 13.2 Å². The number of ether oxygens (including phenoxy) is 2. The Morgan fingerprint density at radius 3 is 2.25 bits per heavy atom. The number of benzene rings is 1. The Hall–Kier alpha value is -2.10. The lowest BCUT2D eigenvalue weighted by atomic mass is 9.91. The van der Waals surface area contributed by atoms with Crippen molar-refractivity contribution in [1.29, 1.82) is 0 Å². The summed E-state index contributed by atoms with van der Waals surface area (Å²) in [6, 6.07) is 8.07. The molecule has 0 amide bonds. The van der Waals surface area contributed by atoms with E-state index in [0.717, 1.165) is 18.4 Å². The normalized spacial score (nSPS) is 11.5. The lowest BCUT2D eigenvalue weighted by Crippen LogP contribution is -2.27. The summed E-state index contributed by atoms with van der Waals surface area (Å²) in [5.41, 5.74) is 1.73. The van der Waals surface area contributed by atoms with Gasteiger partial charge in [0.15, 0.2) is 0 Å². The SMILES string of the molecule is CCCc1ccc(/C=C/C(=O)OCCOC(=O)C(C)(C)CC)cc1. The van der Waals surface area contributed by atoms with Crippen LogP contribution in [0.15, 0.2) is 30.3 Å². The molecule has 0 aliphatic rings. The molecule has 4 heteroatoms. The molecule has 4 nitrogen and oxygen atoms in total. The minimum absolute atomic E-state index is 0.0597. The van der Waals surface area contributed by atoms with Crippen molar-refractivity contribution >= 4 is 18.0 Å². The topological polar surface area (TPSA) is 52.6 Å². The minimum atomic E-state index is -0.506. The molecule has 0 heterocycles. The summed E-state index contributed by atoms with van der Waals surface area (Å²) in [6.07, 6.45) is 5.96. The summed E-state index contributed by atoms with van der Waals surface area (Å²) >= 11 is 0. The second kappa shape index (κ2) is 9.91. The first-order valence-electron chi connectivity index (χ1n) is 8.50. The highest BCUT2D eigenvalue weighted by atomic mass is 16.6. The Labute approximate surface area is 144 Å².